The minimum absolute atomic E-state index is 0.00747. The van der Waals surface area contributed by atoms with Gasteiger partial charge in [0.25, 0.3) is 0 Å². The number of carbonyl (C=O) groups excluding carboxylic acids is 1. The minimum atomic E-state index is -0.0315. The van der Waals surface area contributed by atoms with E-state index in [2.05, 4.69) is 5.32 Å². The highest BCUT2D eigenvalue weighted by atomic mass is 16.5. The maximum absolute atomic E-state index is 13.1. The zero-order valence-corrected chi connectivity index (χ0v) is 19.0. The summed E-state index contributed by atoms with van der Waals surface area (Å²) in [7, 11) is 0. The Morgan fingerprint density at radius 3 is 2.41 bits per heavy atom. The molecule has 0 aliphatic heterocycles. The van der Waals surface area contributed by atoms with Gasteiger partial charge in [-0.3, -0.25) is 4.79 Å². The average molecular weight is 437 g/mol. The molecule has 0 bridgehead atoms. The molecule has 0 aliphatic carbocycles. The molecule has 1 aromatic heterocycles. The first-order chi connectivity index (χ1) is 15.6. The molecular weight excluding hydrogens is 404 g/mol. The maximum Gasteiger partial charge on any atom is 0.237 e. The van der Waals surface area contributed by atoms with Crippen molar-refractivity contribution in [3.63, 3.8) is 0 Å². The zero-order valence-electron chi connectivity index (χ0n) is 19.0. The van der Waals surface area contributed by atoms with Crippen molar-refractivity contribution >= 4 is 5.91 Å². The van der Waals surface area contributed by atoms with Crippen LogP contribution in [-0.2, 0) is 17.9 Å². The van der Waals surface area contributed by atoms with Crippen LogP contribution in [0.3, 0.4) is 0 Å². The second-order valence-corrected chi connectivity index (χ2v) is 7.49. The molecule has 6 heteroatoms. The van der Waals surface area contributed by atoms with Gasteiger partial charge in [-0.25, -0.2) is 0 Å². The largest absolute Gasteiger partial charge is 0.490 e. The van der Waals surface area contributed by atoms with Gasteiger partial charge in [0, 0.05) is 12.6 Å². The van der Waals surface area contributed by atoms with Crippen LogP contribution in [0.4, 0.5) is 0 Å². The number of amides is 1. The average Bonchev–Trinajstić information content (AvgIpc) is 3.32. The molecule has 0 saturated heterocycles. The van der Waals surface area contributed by atoms with Gasteiger partial charge in [0.2, 0.25) is 5.91 Å². The Hall–Kier alpha value is -3.25. The molecule has 0 unspecified atom stereocenters. The second kappa shape index (κ2) is 12.0. The highest BCUT2D eigenvalue weighted by Crippen LogP contribution is 2.30. The number of ether oxygens (including phenoxy) is 2. The van der Waals surface area contributed by atoms with Crippen LogP contribution < -0.4 is 14.8 Å². The lowest BCUT2D eigenvalue weighted by Crippen LogP contribution is -2.38. The van der Waals surface area contributed by atoms with Crippen LogP contribution in [0.15, 0.2) is 71.3 Å². The highest BCUT2D eigenvalue weighted by molar-refractivity contribution is 5.78. The third-order valence-corrected chi connectivity index (χ3v) is 5.12. The molecule has 0 spiro atoms. The Morgan fingerprint density at radius 2 is 1.72 bits per heavy atom. The van der Waals surface area contributed by atoms with Crippen LogP contribution in [0.25, 0.3) is 0 Å². The lowest BCUT2D eigenvalue weighted by atomic mass is 10.1. The molecule has 1 heterocycles. The third-order valence-electron chi connectivity index (χ3n) is 5.12. The van der Waals surface area contributed by atoms with E-state index in [9.17, 15) is 4.79 Å². The van der Waals surface area contributed by atoms with Crippen LogP contribution >= 0.6 is 0 Å². The van der Waals surface area contributed by atoms with E-state index in [1.54, 1.807) is 11.2 Å². The van der Waals surface area contributed by atoms with Gasteiger partial charge in [0.15, 0.2) is 11.5 Å². The van der Waals surface area contributed by atoms with Crippen LogP contribution in [0.2, 0.25) is 0 Å². The van der Waals surface area contributed by atoms with E-state index in [0.717, 1.165) is 28.4 Å². The van der Waals surface area contributed by atoms with Crippen molar-refractivity contribution in [1.29, 1.82) is 0 Å². The fraction of sp³-hybridized carbons (Fsp3) is 0.346. The van der Waals surface area contributed by atoms with E-state index >= 15 is 0 Å². The molecule has 1 atom stereocenters. The van der Waals surface area contributed by atoms with Crippen LogP contribution in [-0.4, -0.2) is 30.6 Å². The standard InChI is InChI=1S/C26H32N2O4/c1-4-30-24-14-13-22(16-25(24)31-5-2)20(3)27-17-26(29)28(19-23-12-9-15-32-23)18-21-10-7-6-8-11-21/h6-16,20,27H,4-5,17-19H2,1-3H3/t20-/m1/s1. The summed E-state index contributed by atoms with van der Waals surface area (Å²) in [5.41, 5.74) is 2.11. The van der Waals surface area contributed by atoms with E-state index in [4.69, 9.17) is 13.9 Å². The van der Waals surface area contributed by atoms with Gasteiger partial charge in [-0.2, -0.15) is 0 Å². The lowest BCUT2D eigenvalue weighted by molar-refractivity contribution is -0.131. The Kier molecular flexibility index (Phi) is 8.75. The number of furan rings is 1. The Labute approximate surface area is 190 Å². The monoisotopic (exact) mass is 436 g/mol. The normalized spacial score (nSPS) is 11.7. The van der Waals surface area contributed by atoms with E-state index in [1.165, 1.54) is 0 Å². The number of carbonyl (C=O) groups is 1. The quantitative estimate of drug-likeness (QED) is 0.435. The first-order valence-electron chi connectivity index (χ1n) is 11.1. The van der Waals surface area contributed by atoms with E-state index in [-0.39, 0.29) is 18.5 Å². The Morgan fingerprint density at radius 1 is 0.969 bits per heavy atom. The summed E-state index contributed by atoms with van der Waals surface area (Å²) in [5, 5.41) is 3.35. The zero-order chi connectivity index (χ0) is 22.8. The summed E-state index contributed by atoms with van der Waals surface area (Å²) in [5.74, 6) is 2.22. The smallest absolute Gasteiger partial charge is 0.237 e. The van der Waals surface area contributed by atoms with E-state index in [0.29, 0.717) is 26.3 Å². The molecule has 0 saturated carbocycles. The van der Waals surface area contributed by atoms with Crippen molar-refractivity contribution in [3.05, 3.63) is 83.8 Å². The predicted molar refractivity (Wildman–Crippen MR) is 125 cm³/mol. The fourth-order valence-electron chi connectivity index (χ4n) is 3.43. The van der Waals surface area contributed by atoms with Crippen molar-refractivity contribution in [1.82, 2.24) is 10.2 Å². The molecule has 1 amide bonds. The van der Waals surface area contributed by atoms with Crippen LogP contribution in [0.1, 0.15) is 43.7 Å². The summed E-state index contributed by atoms with van der Waals surface area (Å²) < 4.78 is 16.9. The van der Waals surface area contributed by atoms with Crippen LogP contribution in [0, 0.1) is 0 Å². The first kappa shape index (κ1) is 23.4. The predicted octanol–water partition coefficient (Wildman–Crippen LogP) is 4.96. The Balaban J connectivity index is 1.66. The number of hydrogen-bond donors (Lipinski definition) is 1. The van der Waals surface area contributed by atoms with E-state index in [1.807, 2.05) is 81.4 Å². The van der Waals surface area contributed by atoms with Gasteiger partial charge in [-0.15, -0.1) is 0 Å². The molecule has 3 rings (SSSR count). The Bertz CT molecular complexity index is 957. The van der Waals surface area contributed by atoms with Gasteiger partial charge in [0.05, 0.1) is 32.6 Å². The van der Waals surface area contributed by atoms with Crippen molar-refractivity contribution in [2.75, 3.05) is 19.8 Å². The second-order valence-electron chi connectivity index (χ2n) is 7.49. The number of hydrogen-bond acceptors (Lipinski definition) is 5. The topological polar surface area (TPSA) is 63.9 Å². The number of nitrogens with one attached hydrogen (secondary N) is 1. The molecule has 1 N–H and O–H groups in total. The van der Waals surface area contributed by atoms with Gasteiger partial charge in [-0.1, -0.05) is 36.4 Å². The molecule has 0 aliphatic rings. The molecular formula is C26H32N2O4. The molecule has 0 fully saturated rings. The SMILES string of the molecule is CCOc1ccc([C@@H](C)NCC(=O)N(Cc2ccccc2)Cc2ccco2)cc1OCC. The van der Waals surface area contributed by atoms with Crippen molar-refractivity contribution in [2.45, 2.75) is 39.9 Å². The third kappa shape index (κ3) is 6.62. The summed E-state index contributed by atoms with van der Waals surface area (Å²) in [6, 6.07) is 19.6. The van der Waals surface area contributed by atoms with Gasteiger partial charge in [0.1, 0.15) is 5.76 Å². The fourth-order valence-corrected chi connectivity index (χ4v) is 3.43. The summed E-state index contributed by atoms with van der Waals surface area (Å²) in [6.07, 6.45) is 1.63. The van der Waals surface area contributed by atoms with Gasteiger partial charge < -0.3 is 24.1 Å². The summed E-state index contributed by atoms with van der Waals surface area (Å²) in [4.78, 5) is 14.9. The molecule has 2 aromatic carbocycles. The van der Waals surface area contributed by atoms with Gasteiger partial charge >= 0.3 is 0 Å². The number of rotatable bonds is 12. The number of nitrogens with zero attached hydrogens (tertiary/aromatic N) is 1. The van der Waals surface area contributed by atoms with Crippen molar-refractivity contribution in [3.8, 4) is 11.5 Å². The molecule has 0 radical (unpaired) electrons. The van der Waals surface area contributed by atoms with Crippen molar-refractivity contribution < 1.29 is 18.7 Å². The van der Waals surface area contributed by atoms with Crippen molar-refractivity contribution in [2.24, 2.45) is 0 Å². The summed E-state index contributed by atoms with van der Waals surface area (Å²) in [6.45, 7) is 8.23. The molecule has 6 nitrogen and oxygen atoms in total. The van der Waals surface area contributed by atoms with E-state index < -0.39 is 0 Å². The first-order valence-corrected chi connectivity index (χ1v) is 11.1. The summed E-state index contributed by atoms with van der Waals surface area (Å²) >= 11 is 0. The maximum atomic E-state index is 13.1. The number of benzene rings is 2. The molecule has 32 heavy (non-hydrogen) atoms. The lowest BCUT2D eigenvalue weighted by Gasteiger charge is -2.24. The highest BCUT2D eigenvalue weighted by Gasteiger charge is 2.18. The molecule has 3 aromatic rings. The molecule has 170 valence electrons. The minimum Gasteiger partial charge on any atom is -0.490 e. The van der Waals surface area contributed by atoms with Gasteiger partial charge in [-0.05, 0) is 56.2 Å². The van der Waals surface area contributed by atoms with Crippen LogP contribution in [0.5, 0.6) is 11.5 Å².